The Balaban J connectivity index is 1.97. The van der Waals surface area contributed by atoms with Crippen LogP contribution in [0.1, 0.15) is 27.0 Å². The summed E-state index contributed by atoms with van der Waals surface area (Å²) in [5.41, 5.74) is 1.54. The van der Waals surface area contributed by atoms with Gasteiger partial charge in [-0.3, -0.25) is 4.79 Å². The minimum atomic E-state index is -0.489. The second-order valence-electron chi connectivity index (χ2n) is 5.52. The van der Waals surface area contributed by atoms with Gasteiger partial charge in [0.25, 0.3) is 5.91 Å². The molecule has 0 radical (unpaired) electrons. The zero-order chi connectivity index (χ0) is 19.4. The van der Waals surface area contributed by atoms with Crippen LogP contribution in [0.3, 0.4) is 0 Å². The van der Waals surface area contributed by atoms with Crippen LogP contribution < -0.4 is 5.32 Å². The van der Waals surface area contributed by atoms with Gasteiger partial charge >= 0.3 is 5.97 Å². The zero-order valence-corrected chi connectivity index (χ0v) is 16.6. The number of nitrogens with one attached hydrogen (secondary N) is 1. The summed E-state index contributed by atoms with van der Waals surface area (Å²) in [4.78, 5) is 26.2. The standard InChI is InChI=1S/C20H15Cl2NO3S/c1-2-26-20(25)18-16(11-17(27-18)12-6-4-3-5-7-12)23-19(24)14-10-13(21)8-9-15(14)22/h3-11H,2H2,1H3,(H,23,24). The Morgan fingerprint density at radius 1 is 1.07 bits per heavy atom. The van der Waals surface area contributed by atoms with Crippen molar-refractivity contribution in [2.75, 3.05) is 11.9 Å². The van der Waals surface area contributed by atoms with Gasteiger partial charge in [-0.2, -0.15) is 0 Å². The molecule has 0 bridgehead atoms. The molecule has 0 atom stereocenters. The molecule has 7 heteroatoms. The van der Waals surface area contributed by atoms with Gasteiger partial charge in [0, 0.05) is 9.90 Å². The molecule has 0 unspecified atom stereocenters. The van der Waals surface area contributed by atoms with E-state index in [0.717, 1.165) is 10.4 Å². The summed E-state index contributed by atoms with van der Waals surface area (Å²) in [5, 5.41) is 3.42. The first-order chi connectivity index (χ1) is 13.0. The van der Waals surface area contributed by atoms with E-state index in [-0.39, 0.29) is 17.2 Å². The highest BCUT2D eigenvalue weighted by molar-refractivity contribution is 7.18. The Kier molecular flexibility index (Phi) is 6.16. The van der Waals surface area contributed by atoms with Gasteiger partial charge in [-0.25, -0.2) is 4.79 Å². The van der Waals surface area contributed by atoms with Crippen molar-refractivity contribution in [2.24, 2.45) is 0 Å². The van der Waals surface area contributed by atoms with Crippen LogP contribution in [0.5, 0.6) is 0 Å². The molecule has 138 valence electrons. The average Bonchev–Trinajstić information content (AvgIpc) is 3.08. The minimum Gasteiger partial charge on any atom is -0.462 e. The first-order valence-electron chi connectivity index (χ1n) is 8.12. The Hall–Kier alpha value is -2.34. The number of ether oxygens (including phenoxy) is 1. The lowest BCUT2D eigenvalue weighted by atomic mass is 10.1. The second-order valence-corrected chi connectivity index (χ2v) is 7.41. The van der Waals surface area contributed by atoms with Crippen LogP contribution in [0.25, 0.3) is 10.4 Å². The molecule has 3 rings (SSSR count). The molecular weight excluding hydrogens is 405 g/mol. The molecule has 0 spiro atoms. The van der Waals surface area contributed by atoms with Crippen molar-refractivity contribution in [3.8, 4) is 10.4 Å². The van der Waals surface area contributed by atoms with E-state index in [9.17, 15) is 9.59 Å². The number of rotatable bonds is 5. The Morgan fingerprint density at radius 3 is 2.52 bits per heavy atom. The fourth-order valence-electron chi connectivity index (χ4n) is 2.44. The van der Waals surface area contributed by atoms with Crippen LogP contribution >= 0.6 is 34.5 Å². The quantitative estimate of drug-likeness (QED) is 0.504. The van der Waals surface area contributed by atoms with Crippen LogP contribution in [0.15, 0.2) is 54.6 Å². The number of halogens is 2. The fourth-order valence-corrected chi connectivity index (χ4v) is 3.83. The van der Waals surface area contributed by atoms with Crippen molar-refractivity contribution < 1.29 is 14.3 Å². The van der Waals surface area contributed by atoms with E-state index in [1.807, 2.05) is 30.3 Å². The normalized spacial score (nSPS) is 10.5. The highest BCUT2D eigenvalue weighted by atomic mass is 35.5. The molecule has 0 saturated heterocycles. The molecule has 1 heterocycles. The highest BCUT2D eigenvalue weighted by Gasteiger charge is 2.21. The van der Waals surface area contributed by atoms with Gasteiger partial charge in [0.15, 0.2) is 0 Å². The van der Waals surface area contributed by atoms with Gasteiger partial charge in [0.1, 0.15) is 4.88 Å². The number of anilines is 1. The molecule has 2 aromatic carbocycles. The number of amides is 1. The summed E-state index contributed by atoms with van der Waals surface area (Å²) in [6.07, 6.45) is 0. The van der Waals surface area contributed by atoms with Gasteiger partial charge in [0.2, 0.25) is 0 Å². The molecule has 1 N–H and O–H groups in total. The number of esters is 1. The molecule has 0 aliphatic carbocycles. The van der Waals surface area contributed by atoms with Crippen molar-refractivity contribution in [1.29, 1.82) is 0 Å². The van der Waals surface area contributed by atoms with Crippen LogP contribution in [0.2, 0.25) is 10.0 Å². The molecule has 0 saturated carbocycles. The SMILES string of the molecule is CCOC(=O)c1sc(-c2ccccc2)cc1NC(=O)c1cc(Cl)ccc1Cl. The monoisotopic (exact) mass is 419 g/mol. The molecule has 0 aliphatic heterocycles. The molecule has 1 amide bonds. The van der Waals surface area contributed by atoms with E-state index in [4.69, 9.17) is 27.9 Å². The minimum absolute atomic E-state index is 0.228. The Bertz CT molecular complexity index is 986. The van der Waals surface area contributed by atoms with Crippen molar-refractivity contribution >= 4 is 52.1 Å². The van der Waals surface area contributed by atoms with E-state index in [1.165, 1.54) is 17.4 Å². The maximum absolute atomic E-state index is 12.7. The summed E-state index contributed by atoms with van der Waals surface area (Å²) < 4.78 is 5.12. The predicted molar refractivity (Wildman–Crippen MR) is 110 cm³/mol. The van der Waals surface area contributed by atoms with Gasteiger partial charge in [-0.1, -0.05) is 53.5 Å². The summed E-state index contributed by atoms with van der Waals surface area (Å²) in [6, 6.07) is 16.0. The molecule has 4 nitrogen and oxygen atoms in total. The first-order valence-corrected chi connectivity index (χ1v) is 9.69. The maximum atomic E-state index is 12.7. The third-order valence-corrected chi connectivity index (χ3v) is 5.40. The van der Waals surface area contributed by atoms with Gasteiger partial charge < -0.3 is 10.1 Å². The van der Waals surface area contributed by atoms with Crippen molar-refractivity contribution in [1.82, 2.24) is 0 Å². The van der Waals surface area contributed by atoms with E-state index in [2.05, 4.69) is 5.32 Å². The van der Waals surface area contributed by atoms with Crippen LogP contribution in [-0.2, 0) is 4.74 Å². The van der Waals surface area contributed by atoms with Crippen molar-refractivity contribution in [2.45, 2.75) is 6.92 Å². The van der Waals surface area contributed by atoms with Crippen molar-refractivity contribution in [3.05, 3.63) is 75.1 Å². The number of carbonyl (C=O) groups is 2. The third-order valence-electron chi connectivity index (χ3n) is 3.67. The smallest absolute Gasteiger partial charge is 0.350 e. The Morgan fingerprint density at radius 2 is 1.81 bits per heavy atom. The Labute approximate surface area is 170 Å². The second kappa shape index (κ2) is 8.57. The molecule has 0 fully saturated rings. The zero-order valence-electron chi connectivity index (χ0n) is 14.3. The molecule has 3 aromatic rings. The number of hydrogen-bond acceptors (Lipinski definition) is 4. The number of benzene rings is 2. The molecular formula is C20H15Cl2NO3S. The van der Waals surface area contributed by atoms with Crippen LogP contribution in [0.4, 0.5) is 5.69 Å². The third kappa shape index (κ3) is 4.50. The largest absolute Gasteiger partial charge is 0.462 e. The number of hydrogen-bond donors (Lipinski definition) is 1. The summed E-state index contributed by atoms with van der Waals surface area (Å²) in [7, 11) is 0. The summed E-state index contributed by atoms with van der Waals surface area (Å²) >= 11 is 13.3. The van der Waals surface area contributed by atoms with Crippen molar-refractivity contribution in [3.63, 3.8) is 0 Å². The van der Waals surface area contributed by atoms with Crippen LogP contribution in [-0.4, -0.2) is 18.5 Å². The highest BCUT2D eigenvalue weighted by Crippen LogP contribution is 2.36. The lowest BCUT2D eigenvalue weighted by molar-refractivity contribution is 0.0533. The first kappa shape index (κ1) is 19.4. The van der Waals surface area contributed by atoms with Gasteiger partial charge in [-0.15, -0.1) is 11.3 Å². The summed E-state index contributed by atoms with van der Waals surface area (Å²) in [6.45, 7) is 1.97. The molecule has 0 aliphatic rings. The molecule has 1 aromatic heterocycles. The predicted octanol–water partition coefficient (Wildman–Crippen LogP) is 6.15. The van der Waals surface area contributed by atoms with E-state index >= 15 is 0 Å². The number of carbonyl (C=O) groups excluding carboxylic acids is 2. The van der Waals surface area contributed by atoms with Gasteiger partial charge in [-0.05, 0) is 36.8 Å². The van der Waals surface area contributed by atoms with Crippen LogP contribution in [0, 0.1) is 0 Å². The van der Waals surface area contributed by atoms with E-state index in [0.29, 0.717) is 15.6 Å². The fraction of sp³-hybridized carbons (Fsp3) is 0.100. The van der Waals surface area contributed by atoms with E-state index < -0.39 is 11.9 Å². The van der Waals surface area contributed by atoms with Gasteiger partial charge in [0.05, 0.1) is 22.9 Å². The lowest BCUT2D eigenvalue weighted by Crippen LogP contribution is -2.14. The lowest BCUT2D eigenvalue weighted by Gasteiger charge is -2.08. The maximum Gasteiger partial charge on any atom is 0.350 e. The number of thiophene rings is 1. The topological polar surface area (TPSA) is 55.4 Å². The average molecular weight is 420 g/mol. The summed E-state index contributed by atoms with van der Waals surface area (Å²) in [5.74, 6) is -0.942. The van der Waals surface area contributed by atoms with E-state index in [1.54, 1.807) is 25.1 Å². The molecule has 27 heavy (non-hydrogen) atoms.